The summed E-state index contributed by atoms with van der Waals surface area (Å²) in [6.07, 6.45) is -0.237. The third-order valence-corrected chi connectivity index (χ3v) is 4.12. The number of carbonyl (C=O) groups is 3. The monoisotopic (exact) mass is 360 g/mol. The Morgan fingerprint density at radius 3 is 2.69 bits per heavy atom. The summed E-state index contributed by atoms with van der Waals surface area (Å²) in [7, 11) is 1.22. The number of esters is 1. The number of carbonyl (C=O) groups excluding carboxylic acids is 3. The van der Waals surface area contributed by atoms with Gasteiger partial charge in [0, 0.05) is 18.7 Å². The zero-order valence-corrected chi connectivity index (χ0v) is 14.0. The van der Waals surface area contributed by atoms with Crippen LogP contribution < -0.4 is 5.32 Å². The summed E-state index contributed by atoms with van der Waals surface area (Å²) in [6.45, 7) is 0.534. The zero-order valence-electron chi connectivity index (χ0n) is 14.0. The number of piperazine rings is 1. The van der Waals surface area contributed by atoms with E-state index in [-0.39, 0.29) is 31.1 Å². The highest BCUT2D eigenvalue weighted by atomic mass is 19.1. The summed E-state index contributed by atoms with van der Waals surface area (Å²) in [6, 6.07) is 7.79. The fraction of sp³-hybridized carbons (Fsp3) is 0.278. The Hall–Kier alpha value is -3.16. The molecule has 1 aliphatic heterocycles. The summed E-state index contributed by atoms with van der Waals surface area (Å²) >= 11 is 0. The lowest BCUT2D eigenvalue weighted by molar-refractivity contribution is -0.145. The molecule has 2 amide bonds. The molecule has 0 aliphatic carbocycles. The average Bonchev–Trinajstić information content (AvgIpc) is 3.13. The summed E-state index contributed by atoms with van der Waals surface area (Å²) < 4.78 is 23.2. The second kappa shape index (κ2) is 7.38. The van der Waals surface area contributed by atoms with E-state index in [1.807, 2.05) is 0 Å². The van der Waals surface area contributed by atoms with Crippen molar-refractivity contribution < 1.29 is 27.9 Å². The van der Waals surface area contributed by atoms with Gasteiger partial charge in [0.05, 0.1) is 13.5 Å². The Balaban J connectivity index is 1.82. The first-order valence-corrected chi connectivity index (χ1v) is 8.01. The number of halogens is 1. The third kappa shape index (κ3) is 3.58. The van der Waals surface area contributed by atoms with Crippen molar-refractivity contribution >= 4 is 17.8 Å². The maximum absolute atomic E-state index is 13.0. The standard InChI is InChI=1S/C18H17FN2O5/c1-25-16(22)10-13-17(23)20-8-9-21(13)18(24)15-7-6-14(26-15)11-2-4-12(19)5-3-11/h2-7,13H,8-10H2,1H3,(H,20,23)/t13-/m0/s1. The number of nitrogens with zero attached hydrogens (tertiary/aromatic N) is 1. The van der Waals surface area contributed by atoms with E-state index >= 15 is 0 Å². The van der Waals surface area contributed by atoms with Crippen LogP contribution in [0.1, 0.15) is 17.0 Å². The highest BCUT2D eigenvalue weighted by Crippen LogP contribution is 2.24. The van der Waals surface area contributed by atoms with Gasteiger partial charge in [0.25, 0.3) is 5.91 Å². The van der Waals surface area contributed by atoms with Crippen LogP contribution in [-0.2, 0) is 14.3 Å². The molecule has 7 nitrogen and oxygen atoms in total. The Kier molecular flexibility index (Phi) is 5.01. The molecule has 0 saturated carbocycles. The molecule has 1 N–H and O–H groups in total. The Bertz CT molecular complexity index is 830. The molecule has 0 unspecified atom stereocenters. The Morgan fingerprint density at radius 2 is 2.00 bits per heavy atom. The van der Waals surface area contributed by atoms with Crippen LogP contribution in [-0.4, -0.2) is 48.9 Å². The summed E-state index contributed by atoms with van der Waals surface area (Å²) in [4.78, 5) is 37.7. The molecule has 2 heterocycles. The van der Waals surface area contributed by atoms with Crippen LogP contribution in [0.4, 0.5) is 4.39 Å². The first-order valence-electron chi connectivity index (χ1n) is 8.01. The van der Waals surface area contributed by atoms with Crippen LogP contribution in [0.2, 0.25) is 0 Å². The van der Waals surface area contributed by atoms with Crippen LogP contribution in [0.25, 0.3) is 11.3 Å². The number of amides is 2. The van der Waals surface area contributed by atoms with Gasteiger partial charge in [-0.3, -0.25) is 14.4 Å². The molecular weight excluding hydrogens is 343 g/mol. The van der Waals surface area contributed by atoms with E-state index in [9.17, 15) is 18.8 Å². The number of ether oxygens (including phenoxy) is 1. The molecule has 3 rings (SSSR count). The van der Waals surface area contributed by atoms with Crippen molar-refractivity contribution in [3.63, 3.8) is 0 Å². The lowest BCUT2D eigenvalue weighted by atomic mass is 10.1. The van der Waals surface area contributed by atoms with Gasteiger partial charge >= 0.3 is 5.97 Å². The second-order valence-corrected chi connectivity index (χ2v) is 5.76. The minimum atomic E-state index is -0.955. The van der Waals surface area contributed by atoms with E-state index < -0.39 is 23.8 Å². The molecule has 136 valence electrons. The SMILES string of the molecule is COC(=O)C[C@H]1C(=O)NCCN1C(=O)c1ccc(-c2ccc(F)cc2)o1. The summed E-state index contributed by atoms with van der Waals surface area (Å²) in [5.74, 6) is -1.44. The molecule has 26 heavy (non-hydrogen) atoms. The van der Waals surface area contributed by atoms with Gasteiger partial charge in [-0.15, -0.1) is 0 Å². The predicted molar refractivity (Wildman–Crippen MR) is 88.6 cm³/mol. The van der Waals surface area contributed by atoms with E-state index in [0.717, 1.165) is 0 Å². The number of hydrogen-bond donors (Lipinski definition) is 1. The first-order chi connectivity index (χ1) is 12.5. The molecular formula is C18H17FN2O5. The minimum absolute atomic E-state index is 0.0360. The lowest BCUT2D eigenvalue weighted by Crippen LogP contribution is -2.57. The molecule has 0 bridgehead atoms. The average molecular weight is 360 g/mol. The van der Waals surface area contributed by atoms with Gasteiger partial charge < -0.3 is 19.4 Å². The number of hydrogen-bond acceptors (Lipinski definition) is 5. The van der Waals surface area contributed by atoms with Gasteiger partial charge in [0.2, 0.25) is 5.91 Å². The van der Waals surface area contributed by atoms with Crippen molar-refractivity contribution in [1.82, 2.24) is 10.2 Å². The van der Waals surface area contributed by atoms with Crippen LogP contribution in [0.3, 0.4) is 0 Å². The molecule has 1 aliphatic rings. The first kappa shape index (κ1) is 17.7. The van der Waals surface area contributed by atoms with Crippen LogP contribution in [0.15, 0.2) is 40.8 Å². The van der Waals surface area contributed by atoms with Crippen molar-refractivity contribution in [2.45, 2.75) is 12.5 Å². The molecule has 8 heteroatoms. The number of benzene rings is 1. The molecule has 1 atom stereocenters. The Labute approximate surface area is 148 Å². The van der Waals surface area contributed by atoms with Crippen molar-refractivity contribution in [2.24, 2.45) is 0 Å². The molecule has 0 radical (unpaired) electrons. The van der Waals surface area contributed by atoms with Crippen molar-refractivity contribution in [3.8, 4) is 11.3 Å². The van der Waals surface area contributed by atoms with Gasteiger partial charge in [-0.1, -0.05) is 0 Å². The second-order valence-electron chi connectivity index (χ2n) is 5.76. The third-order valence-electron chi connectivity index (χ3n) is 4.12. The van der Waals surface area contributed by atoms with E-state index in [1.165, 1.54) is 42.3 Å². The normalized spacial score (nSPS) is 16.9. The molecule has 1 aromatic heterocycles. The Morgan fingerprint density at radius 1 is 1.27 bits per heavy atom. The van der Waals surface area contributed by atoms with Crippen molar-refractivity contribution in [1.29, 1.82) is 0 Å². The minimum Gasteiger partial charge on any atom is -0.469 e. The van der Waals surface area contributed by atoms with E-state index in [2.05, 4.69) is 10.1 Å². The van der Waals surface area contributed by atoms with Crippen molar-refractivity contribution in [3.05, 3.63) is 48.0 Å². The smallest absolute Gasteiger partial charge is 0.308 e. The van der Waals surface area contributed by atoms with Crippen LogP contribution >= 0.6 is 0 Å². The molecule has 1 fully saturated rings. The fourth-order valence-electron chi connectivity index (χ4n) is 2.77. The maximum atomic E-state index is 13.0. The number of furan rings is 1. The summed E-state index contributed by atoms with van der Waals surface area (Å²) in [5.41, 5.74) is 0.618. The molecule has 1 aromatic carbocycles. The van der Waals surface area contributed by atoms with E-state index in [1.54, 1.807) is 6.07 Å². The fourth-order valence-corrected chi connectivity index (χ4v) is 2.77. The molecule has 1 saturated heterocycles. The highest BCUT2D eigenvalue weighted by Gasteiger charge is 2.36. The zero-order chi connectivity index (χ0) is 18.7. The largest absolute Gasteiger partial charge is 0.469 e. The van der Waals surface area contributed by atoms with Gasteiger partial charge in [0.1, 0.15) is 17.6 Å². The summed E-state index contributed by atoms with van der Waals surface area (Å²) in [5, 5.41) is 2.63. The highest BCUT2D eigenvalue weighted by molar-refractivity contribution is 5.98. The molecule has 2 aromatic rings. The maximum Gasteiger partial charge on any atom is 0.308 e. The van der Waals surface area contributed by atoms with Gasteiger partial charge in [0.15, 0.2) is 5.76 Å². The van der Waals surface area contributed by atoms with Gasteiger partial charge in [-0.2, -0.15) is 0 Å². The van der Waals surface area contributed by atoms with Crippen molar-refractivity contribution in [2.75, 3.05) is 20.2 Å². The van der Waals surface area contributed by atoms with Gasteiger partial charge in [-0.25, -0.2) is 4.39 Å². The number of methoxy groups -OCH3 is 1. The number of nitrogens with one attached hydrogen (secondary N) is 1. The lowest BCUT2D eigenvalue weighted by Gasteiger charge is -2.33. The topological polar surface area (TPSA) is 88.9 Å². The van der Waals surface area contributed by atoms with Crippen LogP contribution in [0, 0.1) is 5.82 Å². The van der Waals surface area contributed by atoms with Gasteiger partial charge in [-0.05, 0) is 36.4 Å². The number of rotatable bonds is 4. The predicted octanol–water partition coefficient (Wildman–Crippen LogP) is 1.59. The van der Waals surface area contributed by atoms with E-state index in [0.29, 0.717) is 11.3 Å². The molecule has 0 spiro atoms. The quantitative estimate of drug-likeness (QED) is 0.837. The van der Waals surface area contributed by atoms with Crippen LogP contribution in [0.5, 0.6) is 0 Å². The van der Waals surface area contributed by atoms with E-state index in [4.69, 9.17) is 4.42 Å².